The van der Waals surface area contributed by atoms with E-state index in [1.807, 2.05) is 69.2 Å². The number of carbonyl (C=O) groups excluding carboxylic acids is 3. The number of rotatable bonds is 25. The molecular formula is C49H72N10O9S. The number of hydrogen-bond acceptors (Lipinski definition) is 17. The first-order chi connectivity index (χ1) is 33.3. The lowest BCUT2D eigenvalue weighted by Crippen LogP contribution is -2.50. The highest BCUT2D eigenvalue weighted by atomic mass is 32.1. The van der Waals surface area contributed by atoms with Crippen molar-refractivity contribution in [2.24, 2.45) is 18.4 Å². The number of amides is 2. The van der Waals surface area contributed by atoms with Crippen LogP contribution in [0.2, 0.25) is 0 Å². The number of ether oxygens (including phenoxy) is 5. The number of hydrogen-bond donors (Lipinski definition) is 4. The predicted octanol–water partition coefficient (Wildman–Crippen LogP) is 4.23. The zero-order valence-electron chi connectivity index (χ0n) is 41.0. The van der Waals surface area contributed by atoms with Gasteiger partial charge in [0.1, 0.15) is 23.7 Å². The molecule has 4 N–H and O–H groups in total. The average Bonchev–Trinajstić information content (AvgIpc) is 4.07. The molecule has 69 heavy (non-hydrogen) atoms. The van der Waals surface area contributed by atoms with Crippen molar-refractivity contribution >= 4 is 51.7 Å². The smallest absolute Gasteiger partial charge is 0.243 e. The Morgan fingerprint density at radius 1 is 0.928 bits per heavy atom. The molecule has 3 atom stereocenters. The number of morpholine rings is 1. The van der Waals surface area contributed by atoms with E-state index in [1.54, 1.807) is 17.5 Å². The lowest BCUT2D eigenvalue weighted by atomic mass is 9.77. The van der Waals surface area contributed by atoms with Crippen LogP contribution in [0, 0.1) is 18.3 Å². The number of carbonyl (C=O) groups is 3. The lowest BCUT2D eigenvalue weighted by Gasteiger charge is -2.39. The Balaban J connectivity index is 0.729. The van der Waals surface area contributed by atoms with Gasteiger partial charge in [0.2, 0.25) is 17.8 Å². The largest absolute Gasteiger partial charge is 0.391 e. The van der Waals surface area contributed by atoms with E-state index in [1.165, 1.54) is 4.90 Å². The maximum Gasteiger partial charge on any atom is 0.243 e. The van der Waals surface area contributed by atoms with Crippen molar-refractivity contribution in [3.63, 3.8) is 0 Å². The number of aromatic nitrogens is 5. The van der Waals surface area contributed by atoms with Crippen molar-refractivity contribution < 1.29 is 43.2 Å². The van der Waals surface area contributed by atoms with Gasteiger partial charge in [-0.1, -0.05) is 45.0 Å². The number of fused-ring (bicyclic) bond motifs is 1. The number of likely N-dealkylation sites (tertiary alicyclic amines) is 1. The van der Waals surface area contributed by atoms with Crippen molar-refractivity contribution in [1.82, 2.24) is 39.8 Å². The maximum atomic E-state index is 14.0. The summed E-state index contributed by atoms with van der Waals surface area (Å²) < 4.78 is 30.0. The number of nitrogens with zero attached hydrogens (tertiary/aromatic N) is 7. The standard InChI is InChI=1S/C49H72N10O9S/c1-33-44(69-32-52-33)35-8-6-34(7-9-35)28-51-46(62)42-27-38(60)30-59(42)47(63)40(49(2,3)4)26-39(61)31-68-25-24-67-23-22-66-21-20-64-17-14-50-48-55-41-29-53-57(5)43(41)45(56-48)54-36-10-12-37(13-11-36)58-15-18-65-19-16-58/h6-9,29,32,36-38,40,42,60H,10-28,30-31H2,1-5H3,(H,51,62)(H2,50,54,55,56)/t36?,37?,38-,40-,42+/m1/s1. The normalized spacial score (nSPS) is 20.6. The first kappa shape index (κ1) is 52.2. The molecule has 1 aliphatic carbocycles. The van der Waals surface area contributed by atoms with Gasteiger partial charge in [0.05, 0.1) is 87.8 Å². The van der Waals surface area contributed by atoms with Gasteiger partial charge in [-0.3, -0.25) is 24.0 Å². The average molecular weight is 977 g/mol. The van der Waals surface area contributed by atoms with Crippen LogP contribution in [0.15, 0.2) is 36.0 Å². The highest BCUT2D eigenvalue weighted by molar-refractivity contribution is 7.13. The Kier molecular flexibility index (Phi) is 19.2. The molecule has 20 heteroatoms. The van der Waals surface area contributed by atoms with Crippen LogP contribution in [0.25, 0.3) is 21.5 Å². The van der Waals surface area contributed by atoms with E-state index in [2.05, 4.69) is 35.9 Å². The third kappa shape index (κ3) is 14.9. The van der Waals surface area contributed by atoms with E-state index in [9.17, 15) is 19.5 Å². The summed E-state index contributed by atoms with van der Waals surface area (Å²) in [7, 11) is 1.91. The molecule has 3 fully saturated rings. The highest BCUT2D eigenvalue weighted by Crippen LogP contribution is 2.34. The van der Waals surface area contributed by atoms with Crippen LogP contribution in [-0.4, -0.2) is 174 Å². The number of aliphatic hydroxyl groups excluding tert-OH is 1. The minimum Gasteiger partial charge on any atom is -0.391 e. The highest BCUT2D eigenvalue weighted by Gasteiger charge is 2.44. The van der Waals surface area contributed by atoms with Crippen LogP contribution < -0.4 is 16.0 Å². The SMILES string of the molecule is Cc1ncsc1-c1ccc(CNC(=O)[C@@H]2C[C@@H](O)CN2C(=O)[C@@H](CC(=O)COCCOCCOCCOCCNc2nc(NC3CCC(N4CCOCC4)CC3)c3c(cnn3C)n2)C(C)(C)C)cc1. The number of anilines is 2. The molecule has 2 saturated heterocycles. The molecule has 7 rings (SSSR count). The second-order valence-electron chi connectivity index (χ2n) is 19.3. The fourth-order valence-corrected chi connectivity index (χ4v) is 10.1. The minimum absolute atomic E-state index is 0.0282. The topological polar surface area (TPSA) is 217 Å². The molecule has 5 heterocycles. The molecule has 0 radical (unpaired) electrons. The van der Waals surface area contributed by atoms with Gasteiger partial charge in [-0.15, -0.1) is 11.3 Å². The molecule has 0 unspecified atom stereocenters. The second-order valence-corrected chi connectivity index (χ2v) is 20.1. The van der Waals surface area contributed by atoms with Crippen LogP contribution in [0.4, 0.5) is 11.8 Å². The predicted molar refractivity (Wildman–Crippen MR) is 263 cm³/mol. The summed E-state index contributed by atoms with van der Waals surface area (Å²) in [5.74, 6) is -0.279. The second kappa shape index (κ2) is 25.4. The van der Waals surface area contributed by atoms with Crippen LogP contribution in [0.3, 0.4) is 0 Å². The number of thiazole rings is 1. The van der Waals surface area contributed by atoms with Gasteiger partial charge in [0.15, 0.2) is 11.6 Å². The van der Waals surface area contributed by atoms with E-state index in [0.717, 1.165) is 90.5 Å². The van der Waals surface area contributed by atoms with Crippen LogP contribution >= 0.6 is 11.3 Å². The van der Waals surface area contributed by atoms with Crippen molar-refractivity contribution in [3.05, 3.63) is 47.2 Å². The molecule has 4 aromatic rings. The van der Waals surface area contributed by atoms with E-state index in [4.69, 9.17) is 28.7 Å². The molecule has 3 aliphatic rings. The van der Waals surface area contributed by atoms with Gasteiger partial charge in [-0.25, -0.2) is 9.97 Å². The molecule has 2 amide bonds. The van der Waals surface area contributed by atoms with Gasteiger partial charge < -0.3 is 49.6 Å². The number of ketones is 1. The minimum atomic E-state index is -0.840. The van der Waals surface area contributed by atoms with E-state index < -0.39 is 23.5 Å². The summed E-state index contributed by atoms with van der Waals surface area (Å²) in [4.78, 5) is 59.5. The number of aryl methyl sites for hydroxylation is 2. The van der Waals surface area contributed by atoms with Crippen LogP contribution in [-0.2, 0) is 51.7 Å². The first-order valence-electron chi connectivity index (χ1n) is 24.4. The molecule has 378 valence electrons. The quantitative estimate of drug-likeness (QED) is 0.0684. The van der Waals surface area contributed by atoms with E-state index >= 15 is 0 Å². The molecular weight excluding hydrogens is 905 g/mol. The van der Waals surface area contributed by atoms with Crippen molar-refractivity contribution in [2.45, 2.75) is 97.0 Å². The fourth-order valence-electron chi connectivity index (χ4n) is 9.28. The molecule has 2 aliphatic heterocycles. The number of β-amino-alcohol motifs (C(OH)–C–C–N with tert-alkyl or cyclic N) is 1. The molecule has 1 saturated carbocycles. The lowest BCUT2D eigenvalue weighted by molar-refractivity contribution is -0.146. The van der Waals surface area contributed by atoms with Crippen molar-refractivity contribution in [1.29, 1.82) is 0 Å². The first-order valence-corrected chi connectivity index (χ1v) is 25.3. The van der Waals surface area contributed by atoms with Gasteiger partial charge in [0.25, 0.3) is 0 Å². The summed E-state index contributed by atoms with van der Waals surface area (Å²) >= 11 is 1.58. The van der Waals surface area contributed by atoms with Crippen molar-refractivity contribution in [2.75, 3.05) is 103 Å². The number of benzene rings is 1. The maximum absolute atomic E-state index is 14.0. The summed E-state index contributed by atoms with van der Waals surface area (Å²) in [5.41, 5.74) is 5.85. The Bertz CT molecular complexity index is 2260. The Morgan fingerprint density at radius 2 is 1.61 bits per heavy atom. The molecule has 0 bridgehead atoms. The van der Waals surface area contributed by atoms with E-state index in [-0.39, 0.29) is 63.3 Å². The summed E-state index contributed by atoms with van der Waals surface area (Å²) in [6.45, 7) is 14.5. The van der Waals surface area contributed by atoms with Gasteiger partial charge in [0, 0.05) is 70.6 Å². The summed E-state index contributed by atoms with van der Waals surface area (Å²) in [6, 6.07) is 8.05. The molecule has 0 spiro atoms. The number of aliphatic hydroxyl groups is 1. The van der Waals surface area contributed by atoms with Crippen molar-refractivity contribution in [3.8, 4) is 10.4 Å². The number of nitrogens with one attached hydrogen (secondary N) is 3. The Labute approximate surface area is 409 Å². The molecule has 19 nitrogen and oxygen atoms in total. The van der Waals surface area contributed by atoms with Crippen LogP contribution in [0.5, 0.6) is 0 Å². The third-order valence-electron chi connectivity index (χ3n) is 13.2. The van der Waals surface area contributed by atoms with Gasteiger partial charge in [-0.2, -0.15) is 10.1 Å². The molecule has 3 aromatic heterocycles. The van der Waals surface area contributed by atoms with Gasteiger partial charge in [-0.05, 0) is 49.1 Å². The Morgan fingerprint density at radius 3 is 2.28 bits per heavy atom. The van der Waals surface area contributed by atoms with Gasteiger partial charge >= 0.3 is 0 Å². The third-order valence-corrected chi connectivity index (χ3v) is 14.1. The Hall–Kier alpha value is -4.67. The zero-order chi connectivity index (χ0) is 48.8. The monoisotopic (exact) mass is 977 g/mol. The van der Waals surface area contributed by atoms with Crippen LogP contribution in [0.1, 0.15) is 70.6 Å². The zero-order valence-corrected chi connectivity index (χ0v) is 41.8. The van der Waals surface area contributed by atoms with E-state index in [0.29, 0.717) is 57.6 Å². The number of Topliss-reactive ketones (excluding diaryl/α,β-unsaturated/α-hetero) is 1. The summed E-state index contributed by atoms with van der Waals surface area (Å²) in [6.07, 6.45) is 5.50. The fraction of sp³-hybridized carbons (Fsp3) is 0.653. The summed E-state index contributed by atoms with van der Waals surface area (Å²) in [5, 5.41) is 24.9. The molecule has 1 aromatic carbocycles.